The van der Waals surface area contributed by atoms with Crippen LogP contribution in [0, 0.1) is 24.1 Å². The van der Waals surface area contributed by atoms with Gasteiger partial charge in [-0.15, -0.1) is 10.2 Å². The van der Waals surface area contributed by atoms with Gasteiger partial charge in [0.05, 0.1) is 18.6 Å². The van der Waals surface area contributed by atoms with Crippen molar-refractivity contribution in [1.82, 2.24) is 0 Å². The van der Waals surface area contributed by atoms with E-state index in [0.29, 0.717) is 6.04 Å². The Morgan fingerprint density at radius 2 is 1.56 bits per heavy atom. The van der Waals surface area contributed by atoms with Crippen LogP contribution in [0.25, 0.3) is 22.3 Å². The van der Waals surface area contributed by atoms with E-state index in [1.165, 1.54) is 54.0 Å². The van der Waals surface area contributed by atoms with Gasteiger partial charge in [0.15, 0.2) is 6.04 Å². The van der Waals surface area contributed by atoms with Crippen molar-refractivity contribution in [3.63, 3.8) is 0 Å². The molecule has 8 heteroatoms. The molecule has 0 spiro atoms. The zero-order valence-electron chi connectivity index (χ0n) is 18.5. The number of nitrogens with one attached hydrogen (secondary N) is 1. The molecule has 1 fully saturated rings. The van der Waals surface area contributed by atoms with Crippen molar-refractivity contribution < 1.29 is 43.0 Å². The molecule has 2 aromatic carbocycles. The Bertz CT molecular complexity index is 1110. The van der Waals surface area contributed by atoms with Gasteiger partial charge in [0.1, 0.15) is 17.1 Å². The Balaban J connectivity index is 0.000000523. The molecule has 0 atom stereocenters. The number of benzene rings is 2. The number of fused-ring (bicyclic) bond motifs is 1. The zero-order valence-corrected chi connectivity index (χ0v) is 19.2. The molecule has 3 aromatic rings. The van der Waals surface area contributed by atoms with Gasteiger partial charge in [-0.3, -0.25) is 0 Å². The topological polar surface area (TPSA) is 129 Å². The van der Waals surface area contributed by atoms with Crippen LogP contribution in [0.4, 0.5) is 0 Å². The molecule has 1 aliphatic rings. The molecule has 7 nitrogen and oxygen atoms in total. The maximum atomic E-state index is 8.49. The van der Waals surface area contributed by atoms with Crippen molar-refractivity contribution >= 4 is 11.0 Å². The lowest BCUT2D eigenvalue weighted by molar-refractivity contribution is -2.00. The number of halogens is 1. The van der Waals surface area contributed by atoms with E-state index in [4.69, 9.17) is 27.8 Å². The fourth-order valence-corrected chi connectivity index (χ4v) is 4.18. The van der Waals surface area contributed by atoms with Gasteiger partial charge >= 0.3 is 0 Å². The van der Waals surface area contributed by atoms with E-state index in [0.717, 1.165) is 22.7 Å². The Hall–Kier alpha value is -2.42. The Morgan fingerprint density at radius 1 is 0.938 bits per heavy atom. The van der Waals surface area contributed by atoms with E-state index < -0.39 is 10.2 Å². The third kappa shape index (κ3) is 6.79. The number of methoxy groups -OCH3 is 1. The molecule has 172 valence electrons. The smallest absolute Gasteiger partial charge is 0.213 e. The lowest BCUT2D eigenvalue weighted by Gasteiger charge is -2.17. The number of aryl methyl sites for hydroxylation is 2. The van der Waals surface area contributed by atoms with Crippen LogP contribution < -0.4 is 33.7 Å². The predicted molar refractivity (Wildman–Crippen MR) is 109 cm³/mol. The van der Waals surface area contributed by atoms with E-state index in [1.54, 1.807) is 7.11 Å². The molecule has 0 bridgehead atoms. The molecule has 1 N–H and O–H groups in total. The molecule has 1 heterocycles. The van der Waals surface area contributed by atoms with Gasteiger partial charge in [0.25, 0.3) is 0 Å². The first-order valence-electron chi connectivity index (χ1n) is 10.5. The quantitative estimate of drug-likeness (QED) is 0.548. The van der Waals surface area contributed by atoms with Crippen molar-refractivity contribution in [1.29, 1.82) is 0 Å². The number of hydrogen-bond acceptors (Lipinski definition) is 6. The summed E-state index contributed by atoms with van der Waals surface area (Å²) in [5, 5.41) is 2.38. The molecular weight excluding hydrogens is 434 g/mol. The predicted octanol–water partition coefficient (Wildman–Crippen LogP) is -0.717. The minimum Gasteiger partial charge on any atom is -0.497 e. The van der Waals surface area contributed by atoms with Crippen LogP contribution in [-0.2, 0) is 0 Å². The third-order valence-corrected chi connectivity index (χ3v) is 5.55. The van der Waals surface area contributed by atoms with Crippen LogP contribution in [0.1, 0.15) is 43.2 Å². The average Bonchev–Trinajstić information content (AvgIpc) is 2.72. The van der Waals surface area contributed by atoms with Gasteiger partial charge in [0, 0.05) is 18.4 Å². The summed E-state index contributed by atoms with van der Waals surface area (Å²) in [7, 11) is -3.26. The average molecular weight is 462 g/mol. The molecule has 0 saturated heterocycles. The molecule has 4 rings (SSSR count). The molecule has 0 aliphatic heterocycles. The van der Waals surface area contributed by atoms with Crippen LogP contribution >= 0.6 is 0 Å². The fraction of sp³-hybridized carbons (Fsp3) is 0.375. The molecule has 1 aromatic heterocycles. The second kappa shape index (κ2) is 10.5. The summed E-state index contributed by atoms with van der Waals surface area (Å²) in [5.41, 5.74) is 4.48. The normalized spacial score (nSPS) is 15.4. The second-order valence-electron chi connectivity index (χ2n) is 8.07. The van der Waals surface area contributed by atoms with Gasteiger partial charge < -0.3 is 9.15 Å². The van der Waals surface area contributed by atoms with E-state index in [2.05, 4.69) is 49.2 Å². The van der Waals surface area contributed by atoms with Gasteiger partial charge in [-0.05, 0) is 68.1 Å². The van der Waals surface area contributed by atoms with E-state index in [9.17, 15) is 0 Å². The summed E-state index contributed by atoms with van der Waals surface area (Å²) in [5.74, 6) is 1.74. The van der Waals surface area contributed by atoms with Gasteiger partial charge in [-0.1, -0.05) is 12.5 Å². The highest BCUT2D eigenvalue weighted by molar-refractivity contribution is 5.82. The fourth-order valence-electron chi connectivity index (χ4n) is 4.18. The highest BCUT2D eigenvalue weighted by Crippen LogP contribution is 2.26. The van der Waals surface area contributed by atoms with Crippen LogP contribution in [0.2, 0.25) is 0 Å². The Labute approximate surface area is 189 Å². The third-order valence-electron chi connectivity index (χ3n) is 5.55. The maximum Gasteiger partial charge on any atom is 0.213 e. The summed E-state index contributed by atoms with van der Waals surface area (Å²) in [6, 6.07) is 15.1. The first-order valence-corrected chi connectivity index (χ1v) is 11.8. The molecular formula is C24H28ClNO6. The Kier molecular flexibility index (Phi) is 7.92. The summed E-state index contributed by atoms with van der Waals surface area (Å²) in [4.78, 5) is 3.83. The lowest BCUT2D eigenvalue weighted by atomic mass is 9.96. The van der Waals surface area contributed by atoms with E-state index in [-0.39, 0.29) is 0 Å². The molecule has 32 heavy (non-hydrogen) atoms. The first-order chi connectivity index (χ1) is 15.1. The summed E-state index contributed by atoms with van der Waals surface area (Å²) < 4.78 is 45.6. The van der Waals surface area contributed by atoms with Crippen LogP contribution in [0.3, 0.4) is 0 Å². The summed E-state index contributed by atoms with van der Waals surface area (Å²) >= 11 is 0. The highest BCUT2D eigenvalue weighted by Gasteiger charge is 2.18. The SMILES string of the molecule is COc1ccc(-c2cc(=[NH+]C3CCCCC3)c3c(C)cc(C)cc3o2)cc1.[O-][Cl+3]([O-])([O-])[O-]. The maximum absolute atomic E-state index is 8.49. The van der Waals surface area contributed by atoms with Crippen molar-refractivity contribution in [2.75, 3.05) is 7.11 Å². The van der Waals surface area contributed by atoms with Crippen molar-refractivity contribution in [3.05, 3.63) is 58.9 Å². The van der Waals surface area contributed by atoms with E-state index >= 15 is 0 Å². The highest BCUT2D eigenvalue weighted by atomic mass is 35.7. The van der Waals surface area contributed by atoms with Crippen molar-refractivity contribution in [3.8, 4) is 17.1 Å². The second-order valence-corrected chi connectivity index (χ2v) is 8.82. The molecule has 1 saturated carbocycles. The largest absolute Gasteiger partial charge is 0.497 e. The van der Waals surface area contributed by atoms with E-state index in [1.807, 2.05) is 12.1 Å². The van der Waals surface area contributed by atoms with Gasteiger partial charge in [-0.2, -0.15) is 0 Å². The summed E-state index contributed by atoms with van der Waals surface area (Å²) in [6.07, 6.45) is 6.48. The van der Waals surface area contributed by atoms with Crippen LogP contribution in [0.15, 0.2) is 46.9 Å². The van der Waals surface area contributed by atoms with Crippen LogP contribution in [0.5, 0.6) is 5.75 Å². The molecule has 0 radical (unpaired) electrons. The zero-order chi connectivity index (χ0) is 23.3. The first kappa shape index (κ1) is 24.2. The number of rotatable bonds is 3. The van der Waals surface area contributed by atoms with Crippen LogP contribution in [-0.4, -0.2) is 13.2 Å². The minimum absolute atomic E-state index is 0.550. The molecule has 1 aliphatic carbocycles. The number of hydrogen-bond donors (Lipinski definition) is 1. The summed E-state index contributed by atoms with van der Waals surface area (Å²) in [6.45, 7) is 4.29. The molecule has 0 amide bonds. The van der Waals surface area contributed by atoms with Gasteiger partial charge in [-0.25, -0.2) is 23.6 Å². The monoisotopic (exact) mass is 461 g/mol. The minimum atomic E-state index is -4.94. The van der Waals surface area contributed by atoms with Crippen molar-refractivity contribution in [2.24, 2.45) is 0 Å². The standard InChI is InChI=1S/C24H27NO2.ClHO4/c1-16-13-17(2)24-21(25-19-7-5-4-6-8-19)15-22(27-23(24)14-16)18-9-11-20(26-3)12-10-18;2-1(3,4)5/h9-15,19H,4-8H2,1-3H3;(H,2,3,4,5). The Morgan fingerprint density at radius 3 is 2.16 bits per heavy atom. The lowest BCUT2D eigenvalue weighted by Crippen LogP contribution is -2.83. The molecule has 0 unspecified atom stereocenters. The van der Waals surface area contributed by atoms with Gasteiger partial charge in [0.2, 0.25) is 5.36 Å². The number of ether oxygens (including phenoxy) is 1. The van der Waals surface area contributed by atoms with Crippen molar-refractivity contribution in [2.45, 2.75) is 52.0 Å².